The zero-order chi connectivity index (χ0) is 16.5. The van der Waals surface area contributed by atoms with Gasteiger partial charge in [-0.05, 0) is 32.0 Å². The summed E-state index contributed by atoms with van der Waals surface area (Å²) < 4.78 is 26.7. The quantitative estimate of drug-likeness (QED) is 0.856. The van der Waals surface area contributed by atoms with Gasteiger partial charge in [-0.15, -0.1) is 12.4 Å². The second-order valence-corrected chi connectivity index (χ2v) is 8.43. The molecule has 24 heavy (non-hydrogen) atoms. The van der Waals surface area contributed by atoms with Crippen LogP contribution in [0.1, 0.15) is 13.3 Å². The largest absolute Gasteiger partial charge is 0.340 e. The maximum atomic E-state index is 12.7. The molecule has 134 valence electrons. The lowest BCUT2D eigenvalue weighted by Crippen LogP contribution is -2.54. The third-order valence-corrected chi connectivity index (χ3v) is 6.70. The fraction of sp³-hybridized carbons (Fsp3) is 0.562. The predicted octanol–water partition coefficient (Wildman–Crippen LogP) is 0.941. The molecular formula is C16H24ClN3O3S. The maximum absolute atomic E-state index is 12.7. The van der Waals surface area contributed by atoms with Crippen molar-refractivity contribution in [2.24, 2.45) is 5.41 Å². The van der Waals surface area contributed by atoms with Crippen molar-refractivity contribution in [1.29, 1.82) is 0 Å². The minimum absolute atomic E-state index is 0. The molecule has 1 aromatic carbocycles. The summed E-state index contributed by atoms with van der Waals surface area (Å²) in [7, 11) is -3.46. The third kappa shape index (κ3) is 3.59. The first-order chi connectivity index (χ1) is 10.9. The number of sulfonamides is 1. The van der Waals surface area contributed by atoms with E-state index in [2.05, 4.69) is 5.32 Å². The van der Waals surface area contributed by atoms with Crippen molar-refractivity contribution in [3.8, 4) is 0 Å². The second kappa shape index (κ2) is 7.39. The lowest BCUT2D eigenvalue weighted by atomic mass is 9.88. The number of nitrogens with zero attached hydrogens (tertiary/aromatic N) is 2. The van der Waals surface area contributed by atoms with Gasteiger partial charge >= 0.3 is 0 Å². The van der Waals surface area contributed by atoms with Crippen LogP contribution in [0, 0.1) is 5.41 Å². The molecule has 2 saturated heterocycles. The summed E-state index contributed by atoms with van der Waals surface area (Å²) in [4.78, 5) is 14.8. The van der Waals surface area contributed by atoms with E-state index in [4.69, 9.17) is 0 Å². The first-order valence-electron chi connectivity index (χ1n) is 7.99. The predicted molar refractivity (Wildman–Crippen MR) is 94.6 cm³/mol. The fourth-order valence-corrected chi connectivity index (χ4v) is 4.70. The average Bonchev–Trinajstić information content (AvgIpc) is 3.03. The first kappa shape index (κ1) is 19.2. The van der Waals surface area contributed by atoms with Crippen LogP contribution in [0.3, 0.4) is 0 Å². The van der Waals surface area contributed by atoms with E-state index in [1.807, 2.05) is 11.8 Å². The first-order valence-corrected chi connectivity index (χ1v) is 9.43. The smallest absolute Gasteiger partial charge is 0.243 e. The topological polar surface area (TPSA) is 69.7 Å². The van der Waals surface area contributed by atoms with Crippen LogP contribution in [-0.2, 0) is 14.8 Å². The van der Waals surface area contributed by atoms with Crippen molar-refractivity contribution < 1.29 is 13.2 Å². The number of hydrogen-bond acceptors (Lipinski definition) is 4. The zero-order valence-electron chi connectivity index (χ0n) is 13.8. The van der Waals surface area contributed by atoms with Crippen molar-refractivity contribution in [2.45, 2.75) is 18.2 Å². The molecule has 1 unspecified atom stereocenters. The van der Waals surface area contributed by atoms with Gasteiger partial charge in [0.1, 0.15) is 0 Å². The lowest BCUT2D eigenvalue weighted by Gasteiger charge is -2.37. The van der Waals surface area contributed by atoms with Crippen LogP contribution in [0.2, 0.25) is 0 Å². The molecule has 0 aliphatic carbocycles. The van der Waals surface area contributed by atoms with Crippen LogP contribution >= 0.6 is 12.4 Å². The molecule has 6 nitrogen and oxygen atoms in total. The molecule has 1 aromatic rings. The Labute approximate surface area is 149 Å². The molecule has 0 spiro atoms. The molecule has 2 aliphatic rings. The van der Waals surface area contributed by atoms with Crippen LogP contribution in [0.4, 0.5) is 0 Å². The van der Waals surface area contributed by atoms with Gasteiger partial charge in [-0.3, -0.25) is 4.79 Å². The van der Waals surface area contributed by atoms with Gasteiger partial charge in [0.2, 0.25) is 15.9 Å². The standard InChI is InChI=1S/C16H23N3O3S.ClH/c1-16(7-8-17-13-16)15(20)18-9-11-19(12-10-18)23(21,22)14-5-3-2-4-6-14;/h2-6,17H,7-13H2,1H3;1H. The third-order valence-electron chi connectivity index (χ3n) is 4.79. The molecule has 8 heteroatoms. The number of amides is 1. The molecule has 0 aromatic heterocycles. The van der Waals surface area contributed by atoms with E-state index in [-0.39, 0.29) is 23.7 Å². The van der Waals surface area contributed by atoms with Crippen LogP contribution < -0.4 is 5.32 Å². The SMILES string of the molecule is CC1(C(=O)N2CCN(S(=O)(=O)c3ccccc3)CC2)CCNC1.Cl. The van der Waals surface area contributed by atoms with Crippen molar-refractivity contribution in [2.75, 3.05) is 39.3 Å². The van der Waals surface area contributed by atoms with E-state index in [0.717, 1.165) is 13.0 Å². The number of carbonyl (C=O) groups excluding carboxylic acids is 1. The average molecular weight is 374 g/mol. The minimum atomic E-state index is -3.46. The van der Waals surface area contributed by atoms with Crippen LogP contribution in [0.25, 0.3) is 0 Å². The summed E-state index contributed by atoms with van der Waals surface area (Å²) in [5.41, 5.74) is -0.347. The summed E-state index contributed by atoms with van der Waals surface area (Å²) in [5.74, 6) is 0.138. The normalized spacial score (nSPS) is 25.3. The molecule has 0 saturated carbocycles. The van der Waals surface area contributed by atoms with Gasteiger partial charge in [0, 0.05) is 32.7 Å². The Bertz CT molecular complexity index is 667. The van der Waals surface area contributed by atoms with Crippen LogP contribution in [-0.4, -0.2) is 62.8 Å². The summed E-state index contributed by atoms with van der Waals surface area (Å²) in [6.45, 7) is 5.18. The van der Waals surface area contributed by atoms with Gasteiger partial charge in [-0.2, -0.15) is 4.31 Å². The van der Waals surface area contributed by atoms with Gasteiger partial charge in [-0.1, -0.05) is 18.2 Å². The monoisotopic (exact) mass is 373 g/mol. The van der Waals surface area contributed by atoms with Crippen molar-refractivity contribution in [3.05, 3.63) is 30.3 Å². The Hall–Kier alpha value is -1.15. The molecule has 2 aliphatic heterocycles. The Morgan fingerprint density at radius 3 is 2.29 bits per heavy atom. The van der Waals surface area contributed by atoms with E-state index >= 15 is 0 Å². The number of carbonyl (C=O) groups is 1. The summed E-state index contributed by atoms with van der Waals surface area (Å²) in [6, 6.07) is 8.46. The lowest BCUT2D eigenvalue weighted by molar-refractivity contribution is -0.141. The molecule has 0 radical (unpaired) electrons. The van der Waals surface area contributed by atoms with E-state index in [0.29, 0.717) is 37.6 Å². The highest BCUT2D eigenvalue weighted by molar-refractivity contribution is 7.89. The van der Waals surface area contributed by atoms with E-state index in [1.165, 1.54) is 4.31 Å². The molecule has 1 atom stereocenters. The van der Waals surface area contributed by atoms with Crippen molar-refractivity contribution in [1.82, 2.24) is 14.5 Å². The summed E-state index contributed by atoms with van der Waals surface area (Å²) in [5, 5.41) is 3.23. The van der Waals surface area contributed by atoms with Gasteiger partial charge in [0.25, 0.3) is 0 Å². The number of nitrogens with one attached hydrogen (secondary N) is 1. The summed E-state index contributed by atoms with van der Waals surface area (Å²) in [6.07, 6.45) is 0.842. The van der Waals surface area contributed by atoms with E-state index in [9.17, 15) is 13.2 Å². The van der Waals surface area contributed by atoms with Gasteiger partial charge in [0.15, 0.2) is 0 Å². The highest BCUT2D eigenvalue weighted by Crippen LogP contribution is 2.28. The number of piperazine rings is 1. The van der Waals surface area contributed by atoms with Crippen molar-refractivity contribution in [3.63, 3.8) is 0 Å². The molecule has 3 rings (SSSR count). The Morgan fingerprint density at radius 2 is 1.75 bits per heavy atom. The highest BCUT2D eigenvalue weighted by atomic mass is 35.5. The molecule has 2 fully saturated rings. The molecule has 1 amide bonds. The van der Waals surface area contributed by atoms with Gasteiger partial charge in [0.05, 0.1) is 10.3 Å². The number of rotatable bonds is 3. The van der Waals surface area contributed by atoms with Gasteiger partial charge < -0.3 is 10.2 Å². The van der Waals surface area contributed by atoms with E-state index < -0.39 is 10.0 Å². The number of halogens is 1. The van der Waals surface area contributed by atoms with E-state index in [1.54, 1.807) is 30.3 Å². The zero-order valence-corrected chi connectivity index (χ0v) is 15.4. The maximum Gasteiger partial charge on any atom is 0.243 e. The second-order valence-electron chi connectivity index (χ2n) is 6.50. The van der Waals surface area contributed by atoms with Crippen molar-refractivity contribution >= 4 is 28.3 Å². The Balaban J connectivity index is 0.00000208. The molecular weight excluding hydrogens is 350 g/mol. The Kier molecular flexibility index (Phi) is 5.91. The van der Waals surface area contributed by atoms with Crippen LogP contribution in [0.5, 0.6) is 0 Å². The molecule has 0 bridgehead atoms. The fourth-order valence-electron chi connectivity index (χ4n) is 3.25. The number of hydrogen-bond donors (Lipinski definition) is 1. The summed E-state index contributed by atoms with van der Waals surface area (Å²) >= 11 is 0. The molecule has 2 heterocycles. The Morgan fingerprint density at radius 1 is 1.12 bits per heavy atom. The minimum Gasteiger partial charge on any atom is -0.340 e. The highest BCUT2D eigenvalue weighted by Gasteiger charge is 2.40. The number of benzene rings is 1. The van der Waals surface area contributed by atoms with Crippen LogP contribution in [0.15, 0.2) is 35.2 Å². The van der Waals surface area contributed by atoms with Gasteiger partial charge in [-0.25, -0.2) is 8.42 Å². The molecule has 1 N–H and O–H groups in total.